The summed E-state index contributed by atoms with van der Waals surface area (Å²) in [5, 5.41) is 0. The van der Waals surface area contributed by atoms with E-state index in [1.54, 1.807) is 0 Å². The largest absolute Gasteiger partial charge is 0.0622 e. The van der Waals surface area contributed by atoms with Gasteiger partial charge in [-0.3, -0.25) is 0 Å². The van der Waals surface area contributed by atoms with Gasteiger partial charge in [-0.05, 0) is 59.1 Å². The van der Waals surface area contributed by atoms with Crippen LogP contribution < -0.4 is 0 Å². The summed E-state index contributed by atoms with van der Waals surface area (Å²) in [6, 6.07) is 39.1. The van der Waals surface area contributed by atoms with Crippen LogP contribution in [-0.4, -0.2) is 0 Å². The highest BCUT2D eigenvalue weighted by atomic mass is 14.2. The van der Waals surface area contributed by atoms with Crippen molar-refractivity contribution in [2.24, 2.45) is 0 Å². The van der Waals surface area contributed by atoms with Crippen LogP contribution in [0.4, 0.5) is 0 Å². The highest BCUT2D eigenvalue weighted by Gasteiger charge is 2.12. The van der Waals surface area contributed by atoms with Gasteiger partial charge in [-0.2, -0.15) is 0 Å². The Kier molecular flexibility index (Phi) is 5.99. The van der Waals surface area contributed by atoms with Crippen molar-refractivity contribution in [2.45, 2.75) is 25.7 Å². The number of aryl methyl sites for hydroxylation is 2. The van der Waals surface area contributed by atoms with E-state index < -0.39 is 0 Å². The first kappa shape index (κ1) is 18.3. The zero-order valence-electron chi connectivity index (χ0n) is 16.2. The van der Waals surface area contributed by atoms with Gasteiger partial charge in [0, 0.05) is 0 Å². The Labute approximate surface area is 168 Å². The van der Waals surface area contributed by atoms with Crippen LogP contribution >= 0.6 is 0 Å². The lowest BCUT2D eigenvalue weighted by atomic mass is 9.88. The molecule has 4 aromatic rings. The van der Waals surface area contributed by atoms with E-state index in [2.05, 4.69) is 109 Å². The van der Waals surface area contributed by atoms with Gasteiger partial charge in [0.15, 0.2) is 0 Å². The molecule has 0 aliphatic heterocycles. The maximum absolute atomic E-state index is 2.30. The zero-order valence-corrected chi connectivity index (χ0v) is 16.2. The van der Waals surface area contributed by atoms with Crippen molar-refractivity contribution in [2.75, 3.05) is 0 Å². The summed E-state index contributed by atoms with van der Waals surface area (Å²) >= 11 is 0. The third kappa shape index (κ3) is 4.40. The minimum absolute atomic E-state index is 1.11. The second-order valence-electron chi connectivity index (χ2n) is 7.26. The number of hydrogen-bond acceptors (Lipinski definition) is 0. The van der Waals surface area contributed by atoms with E-state index in [4.69, 9.17) is 0 Å². The van der Waals surface area contributed by atoms with Crippen molar-refractivity contribution < 1.29 is 0 Å². The third-order valence-corrected chi connectivity index (χ3v) is 5.30. The van der Waals surface area contributed by atoms with Crippen molar-refractivity contribution in [1.29, 1.82) is 0 Å². The molecule has 4 rings (SSSR count). The van der Waals surface area contributed by atoms with E-state index in [0.29, 0.717) is 0 Å². The second-order valence-corrected chi connectivity index (χ2v) is 7.26. The van der Waals surface area contributed by atoms with Crippen LogP contribution in [0.25, 0.3) is 22.3 Å². The van der Waals surface area contributed by atoms with Crippen molar-refractivity contribution in [3.8, 4) is 22.3 Å². The average molecular weight is 363 g/mol. The van der Waals surface area contributed by atoms with Crippen LogP contribution in [0.15, 0.2) is 109 Å². The number of rotatable bonds is 7. The number of unbranched alkanes of at least 4 members (excludes halogenated alkanes) is 1. The van der Waals surface area contributed by atoms with Gasteiger partial charge in [0.2, 0.25) is 0 Å². The summed E-state index contributed by atoms with van der Waals surface area (Å²) in [5.74, 6) is 0. The molecule has 0 heteroatoms. The van der Waals surface area contributed by atoms with E-state index in [1.807, 2.05) is 0 Å². The van der Waals surface area contributed by atoms with E-state index in [1.165, 1.54) is 46.2 Å². The minimum atomic E-state index is 1.11. The van der Waals surface area contributed by atoms with Crippen molar-refractivity contribution >= 4 is 0 Å². The molecule has 0 amide bonds. The van der Waals surface area contributed by atoms with E-state index in [0.717, 1.165) is 12.8 Å². The van der Waals surface area contributed by atoms with E-state index in [-0.39, 0.29) is 0 Å². The standard InChI is InChI=1S/C28H26/c1-4-13-23(14-5-1)15-10-11-20-26-21-12-22-27(24-16-6-2-7-17-24)28(26)25-18-8-3-9-19-25/h1-9,12-14,16-19,21-22H,10-11,15,20H2. The smallest absolute Gasteiger partial charge is 0.00733 e. The summed E-state index contributed by atoms with van der Waals surface area (Å²) < 4.78 is 0. The van der Waals surface area contributed by atoms with Crippen LogP contribution in [0, 0.1) is 0 Å². The molecule has 28 heavy (non-hydrogen) atoms. The van der Waals surface area contributed by atoms with Gasteiger partial charge in [-0.1, -0.05) is 109 Å². The molecule has 0 saturated heterocycles. The summed E-state index contributed by atoms with van der Waals surface area (Å²) in [5.41, 5.74) is 8.18. The second kappa shape index (κ2) is 9.19. The number of benzene rings is 4. The molecule has 0 fully saturated rings. The first-order valence-electron chi connectivity index (χ1n) is 10.2. The molecule has 0 spiro atoms. The highest BCUT2D eigenvalue weighted by Crippen LogP contribution is 2.35. The molecule has 0 nitrogen and oxygen atoms in total. The Hall–Kier alpha value is -3.12. The predicted octanol–water partition coefficient (Wildman–Crippen LogP) is 7.59. The Morgan fingerprint density at radius 3 is 1.68 bits per heavy atom. The normalized spacial score (nSPS) is 10.7. The molecule has 0 atom stereocenters. The van der Waals surface area contributed by atoms with Crippen LogP contribution in [0.5, 0.6) is 0 Å². The summed E-state index contributed by atoms with van der Waals surface area (Å²) in [6.45, 7) is 0. The van der Waals surface area contributed by atoms with Gasteiger partial charge in [-0.15, -0.1) is 0 Å². The first-order valence-corrected chi connectivity index (χ1v) is 10.2. The molecule has 0 saturated carbocycles. The maximum Gasteiger partial charge on any atom is -0.00733 e. The van der Waals surface area contributed by atoms with E-state index in [9.17, 15) is 0 Å². The van der Waals surface area contributed by atoms with Gasteiger partial charge < -0.3 is 0 Å². The van der Waals surface area contributed by atoms with Crippen LogP contribution in [0.2, 0.25) is 0 Å². The molecular weight excluding hydrogens is 336 g/mol. The summed E-state index contributed by atoms with van der Waals surface area (Å²) in [7, 11) is 0. The molecule has 0 aliphatic carbocycles. The van der Waals surface area contributed by atoms with Gasteiger partial charge in [-0.25, -0.2) is 0 Å². The number of hydrogen-bond donors (Lipinski definition) is 0. The molecule has 0 aromatic heterocycles. The first-order chi connectivity index (χ1) is 13.9. The van der Waals surface area contributed by atoms with Gasteiger partial charge in [0.25, 0.3) is 0 Å². The Balaban J connectivity index is 1.60. The maximum atomic E-state index is 2.30. The molecule has 0 heterocycles. The van der Waals surface area contributed by atoms with Gasteiger partial charge in [0.05, 0.1) is 0 Å². The minimum Gasteiger partial charge on any atom is -0.0622 e. The van der Waals surface area contributed by atoms with Gasteiger partial charge in [0.1, 0.15) is 0 Å². The molecule has 0 unspecified atom stereocenters. The fourth-order valence-electron chi connectivity index (χ4n) is 3.90. The molecule has 0 radical (unpaired) electrons. The molecule has 138 valence electrons. The predicted molar refractivity (Wildman–Crippen MR) is 120 cm³/mol. The molecular formula is C28H26. The average Bonchev–Trinajstić information content (AvgIpc) is 2.78. The lowest BCUT2D eigenvalue weighted by Crippen LogP contribution is -1.95. The Bertz CT molecular complexity index is 986. The summed E-state index contributed by atoms with van der Waals surface area (Å²) in [4.78, 5) is 0. The highest BCUT2D eigenvalue weighted by molar-refractivity contribution is 5.85. The monoisotopic (exact) mass is 362 g/mol. The third-order valence-electron chi connectivity index (χ3n) is 5.30. The topological polar surface area (TPSA) is 0 Å². The van der Waals surface area contributed by atoms with Crippen molar-refractivity contribution in [1.82, 2.24) is 0 Å². The lowest BCUT2D eigenvalue weighted by Gasteiger charge is -2.16. The van der Waals surface area contributed by atoms with Crippen LogP contribution in [0.1, 0.15) is 24.0 Å². The molecule has 0 bridgehead atoms. The molecule has 0 aliphatic rings. The van der Waals surface area contributed by atoms with Crippen LogP contribution in [-0.2, 0) is 12.8 Å². The Morgan fingerprint density at radius 1 is 0.429 bits per heavy atom. The Morgan fingerprint density at radius 2 is 1.00 bits per heavy atom. The summed E-state index contributed by atoms with van der Waals surface area (Å²) in [6.07, 6.45) is 4.68. The SMILES string of the molecule is c1ccc(CCCCc2cccc(-c3ccccc3)c2-c2ccccc2)cc1. The van der Waals surface area contributed by atoms with Crippen molar-refractivity contribution in [3.05, 3.63) is 120 Å². The quantitative estimate of drug-likeness (QED) is 0.297. The van der Waals surface area contributed by atoms with E-state index >= 15 is 0 Å². The lowest BCUT2D eigenvalue weighted by molar-refractivity contribution is 0.735. The fourth-order valence-corrected chi connectivity index (χ4v) is 3.90. The van der Waals surface area contributed by atoms with Crippen LogP contribution in [0.3, 0.4) is 0 Å². The van der Waals surface area contributed by atoms with Crippen molar-refractivity contribution in [3.63, 3.8) is 0 Å². The fraction of sp³-hybridized carbons (Fsp3) is 0.143. The molecule has 0 N–H and O–H groups in total. The zero-order chi connectivity index (χ0) is 19.0. The van der Waals surface area contributed by atoms with Gasteiger partial charge >= 0.3 is 0 Å². The molecule has 4 aromatic carbocycles.